The van der Waals surface area contributed by atoms with Crippen LogP contribution in [0.25, 0.3) is 5.57 Å². The SMILES string of the molecule is CC1(C)OCC(C(=O)c2ccc(F)c(F)c2)=C1c1ccc(S(C)(=O)=O)cc1. The summed E-state index contributed by atoms with van der Waals surface area (Å²) in [7, 11) is -3.34. The summed E-state index contributed by atoms with van der Waals surface area (Å²) in [6.45, 7) is 3.60. The van der Waals surface area contributed by atoms with E-state index in [4.69, 9.17) is 4.74 Å². The fourth-order valence-corrected chi connectivity index (χ4v) is 3.77. The van der Waals surface area contributed by atoms with E-state index in [-0.39, 0.29) is 17.1 Å². The van der Waals surface area contributed by atoms with Crippen LogP contribution in [0.3, 0.4) is 0 Å². The molecule has 1 aliphatic rings. The normalized spacial score (nSPS) is 16.6. The average Bonchev–Trinajstić information content (AvgIpc) is 2.91. The first-order valence-electron chi connectivity index (χ1n) is 8.18. The zero-order chi connectivity index (χ0) is 20.0. The fourth-order valence-electron chi connectivity index (χ4n) is 3.14. The largest absolute Gasteiger partial charge is 0.366 e. The standard InChI is InChI=1S/C20H18F2O4S/c1-20(2)18(12-4-7-14(8-5-12)27(3,24)25)15(11-26-20)19(23)13-6-9-16(21)17(22)10-13/h4-10H,11H2,1-3H3. The number of hydrogen-bond acceptors (Lipinski definition) is 4. The van der Waals surface area contributed by atoms with Gasteiger partial charge in [0.1, 0.15) is 0 Å². The number of sulfone groups is 1. The van der Waals surface area contributed by atoms with Crippen LogP contribution < -0.4 is 0 Å². The van der Waals surface area contributed by atoms with Gasteiger partial charge in [-0.2, -0.15) is 0 Å². The van der Waals surface area contributed by atoms with Crippen molar-refractivity contribution in [2.24, 2.45) is 0 Å². The highest BCUT2D eigenvalue weighted by molar-refractivity contribution is 7.90. The van der Waals surface area contributed by atoms with Crippen LogP contribution in [0, 0.1) is 11.6 Å². The molecule has 0 amide bonds. The molecule has 4 nitrogen and oxygen atoms in total. The fraction of sp³-hybridized carbons (Fsp3) is 0.250. The topological polar surface area (TPSA) is 60.4 Å². The van der Waals surface area contributed by atoms with E-state index in [9.17, 15) is 22.0 Å². The van der Waals surface area contributed by atoms with Crippen LogP contribution in [0.5, 0.6) is 0 Å². The highest BCUT2D eigenvalue weighted by atomic mass is 32.2. The Kier molecular flexibility index (Phi) is 4.78. The van der Waals surface area contributed by atoms with E-state index in [2.05, 4.69) is 0 Å². The van der Waals surface area contributed by atoms with Crippen LogP contribution in [-0.4, -0.2) is 32.7 Å². The summed E-state index contributed by atoms with van der Waals surface area (Å²) in [4.78, 5) is 13.0. The number of hydrogen-bond donors (Lipinski definition) is 0. The number of ketones is 1. The van der Waals surface area contributed by atoms with Crippen molar-refractivity contribution in [3.63, 3.8) is 0 Å². The van der Waals surface area contributed by atoms with Crippen molar-refractivity contribution in [2.75, 3.05) is 12.9 Å². The maximum absolute atomic E-state index is 13.5. The van der Waals surface area contributed by atoms with Gasteiger partial charge in [-0.05, 0) is 55.3 Å². The van der Waals surface area contributed by atoms with Gasteiger partial charge in [-0.25, -0.2) is 17.2 Å². The van der Waals surface area contributed by atoms with Crippen molar-refractivity contribution in [3.05, 3.63) is 70.8 Å². The van der Waals surface area contributed by atoms with E-state index in [1.54, 1.807) is 26.0 Å². The van der Waals surface area contributed by atoms with Crippen molar-refractivity contribution >= 4 is 21.2 Å². The van der Waals surface area contributed by atoms with Crippen LogP contribution in [0.15, 0.2) is 52.9 Å². The molecule has 0 aromatic heterocycles. The maximum atomic E-state index is 13.5. The van der Waals surface area contributed by atoms with Gasteiger partial charge in [0.2, 0.25) is 0 Å². The van der Waals surface area contributed by atoms with Gasteiger partial charge < -0.3 is 4.74 Å². The number of benzene rings is 2. The van der Waals surface area contributed by atoms with Gasteiger partial charge >= 0.3 is 0 Å². The van der Waals surface area contributed by atoms with E-state index < -0.39 is 32.9 Å². The summed E-state index contributed by atoms with van der Waals surface area (Å²) >= 11 is 0. The van der Waals surface area contributed by atoms with E-state index >= 15 is 0 Å². The lowest BCUT2D eigenvalue weighted by atomic mass is 9.87. The van der Waals surface area contributed by atoms with Gasteiger partial charge in [0, 0.05) is 17.4 Å². The Labute approximate surface area is 156 Å². The molecule has 0 unspecified atom stereocenters. The van der Waals surface area contributed by atoms with Gasteiger partial charge in [-0.1, -0.05) is 12.1 Å². The average molecular weight is 392 g/mol. The van der Waals surface area contributed by atoms with Crippen LogP contribution >= 0.6 is 0 Å². The Balaban J connectivity index is 2.10. The molecule has 1 aliphatic heterocycles. The Morgan fingerprint density at radius 3 is 2.22 bits per heavy atom. The molecule has 0 fully saturated rings. The zero-order valence-electron chi connectivity index (χ0n) is 15.0. The molecular formula is C20H18F2O4S. The van der Waals surface area contributed by atoms with Crippen molar-refractivity contribution < 1.29 is 26.7 Å². The van der Waals surface area contributed by atoms with E-state index in [0.29, 0.717) is 16.7 Å². The predicted molar refractivity (Wildman–Crippen MR) is 97.2 cm³/mol. The van der Waals surface area contributed by atoms with Crippen molar-refractivity contribution in [1.29, 1.82) is 0 Å². The summed E-state index contributed by atoms with van der Waals surface area (Å²) in [5.41, 5.74) is 0.789. The van der Waals surface area contributed by atoms with Gasteiger partial charge in [-0.3, -0.25) is 4.79 Å². The number of carbonyl (C=O) groups is 1. The molecule has 3 rings (SSSR count). The second-order valence-electron chi connectivity index (χ2n) is 6.91. The molecule has 0 saturated carbocycles. The monoisotopic (exact) mass is 392 g/mol. The second kappa shape index (κ2) is 6.65. The minimum Gasteiger partial charge on any atom is -0.366 e. The Morgan fingerprint density at radius 1 is 1.04 bits per heavy atom. The third-order valence-electron chi connectivity index (χ3n) is 4.51. The van der Waals surface area contributed by atoms with E-state index in [0.717, 1.165) is 18.4 Å². The third kappa shape index (κ3) is 3.70. The van der Waals surface area contributed by atoms with Crippen LogP contribution in [-0.2, 0) is 14.6 Å². The molecule has 1 heterocycles. The highest BCUT2D eigenvalue weighted by Crippen LogP contribution is 2.40. The Hall–Kier alpha value is -2.38. The van der Waals surface area contributed by atoms with E-state index in [1.807, 2.05) is 0 Å². The minimum atomic E-state index is -3.34. The number of ether oxygens (including phenoxy) is 1. The quantitative estimate of drug-likeness (QED) is 0.743. The zero-order valence-corrected chi connectivity index (χ0v) is 15.9. The second-order valence-corrected chi connectivity index (χ2v) is 8.92. The lowest BCUT2D eigenvalue weighted by Crippen LogP contribution is -2.21. The number of halogens is 2. The van der Waals surface area contributed by atoms with Crippen molar-refractivity contribution in [1.82, 2.24) is 0 Å². The molecule has 27 heavy (non-hydrogen) atoms. The molecule has 0 saturated heterocycles. The first-order chi connectivity index (χ1) is 12.5. The van der Waals surface area contributed by atoms with Crippen LogP contribution in [0.1, 0.15) is 29.8 Å². The summed E-state index contributed by atoms with van der Waals surface area (Å²) in [6, 6.07) is 9.15. The van der Waals surface area contributed by atoms with Crippen LogP contribution in [0.2, 0.25) is 0 Å². The number of carbonyl (C=O) groups excluding carboxylic acids is 1. The highest BCUT2D eigenvalue weighted by Gasteiger charge is 2.37. The molecule has 2 aromatic rings. The lowest BCUT2D eigenvalue weighted by molar-refractivity contribution is 0.0601. The van der Waals surface area contributed by atoms with Crippen LogP contribution in [0.4, 0.5) is 8.78 Å². The minimum absolute atomic E-state index is 0.0218. The molecule has 0 bridgehead atoms. The molecular weight excluding hydrogens is 374 g/mol. The van der Waals surface area contributed by atoms with E-state index in [1.165, 1.54) is 18.2 Å². The molecule has 0 aliphatic carbocycles. The Morgan fingerprint density at radius 2 is 1.67 bits per heavy atom. The Bertz CT molecular complexity index is 1050. The maximum Gasteiger partial charge on any atom is 0.191 e. The number of rotatable bonds is 4. The summed E-state index contributed by atoms with van der Waals surface area (Å²) in [5, 5.41) is 0. The van der Waals surface area contributed by atoms with Gasteiger partial charge in [0.05, 0.1) is 17.1 Å². The van der Waals surface area contributed by atoms with Gasteiger partial charge in [0.25, 0.3) is 0 Å². The summed E-state index contributed by atoms with van der Waals surface area (Å²) in [5.74, 6) is -2.58. The molecule has 7 heteroatoms. The smallest absolute Gasteiger partial charge is 0.191 e. The molecule has 0 N–H and O–H groups in total. The lowest BCUT2D eigenvalue weighted by Gasteiger charge is -2.22. The molecule has 142 valence electrons. The van der Waals surface area contributed by atoms with Gasteiger partial charge in [0.15, 0.2) is 27.3 Å². The van der Waals surface area contributed by atoms with Crippen molar-refractivity contribution in [3.8, 4) is 0 Å². The predicted octanol–water partition coefficient (Wildman–Crippen LogP) is 3.81. The summed E-state index contributed by atoms with van der Waals surface area (Å²) < 4.78 is 55.7. The summed E-state index contributed by atoms with van der Waals surface area (Å²) in [6.07, 6.45) is 1.11. The first kappa shape index (κ1) is 19.4. The molecule has 2 aromatic carbocycles. The molecule has 0 atom stereocenters. The molecule has 0 radical (unpaired) electrons. The van der Waals surface area contributed by atoms with Crippen molar-refractivity contribution in [2.45, 2.75) is 24.3 Å². The third-order valence-corrected chi connectivity index (χ3v) is 5.64. The number of Topliss-reactive ketones (excluding diaryl/α,β-unsaturated/α-hetero) is 1. The first-order valence-corrected chi connectivity index (χ1v) is 10.1. The molecule has 0 spiro atoms. The van der Waals surface area contributed by atoms with Gasteiger partial charge in [-0.15, -0.1) is 0 Å².